The van der Waals surface area contributed by atoms with Gasteiger partial charge in [-0.15, -0.1) is 0 Å². The molecule has 2 rings (SSSR count). The molecule has 1 aromatic rings. The molecule has 0 fully saturated rings. The van der Waals surface area contributed by atoms with Crippen LogP contribution in [0.3, 0.4) is 0 Å². The molecule has 0 saturated heterocycles. The summed E-state index contributed by atoms with van der Waals surface area (Å²) < 4.78 is 35.9. The van der Waals surface area contributed by atoms with Crippen LogP contribution in [0.5, 0.6) is 0 Å². The Morgan fingerprint density at radius 1 is 1.41 bits per heavy atom. The van der Waals surface area contributed by atoms with E-state index in [0.717, 1.165) is 11.3 Å². The zero-order valence-electron chi connectivity index (χ0n) is 8.84. The van der Waals surface area contributed by atoms with E-state index in [1.54, 1.807) is 0 Å². The van der Waals surface area contributed by atoms with Crippen LogP contribution in [0.1, 0.15) is 5.56 Å². The number of rotatable bonds is 2. The van der Waals surface area contributed by atoms with Gasteiger partial charge < -0.3 is 10.6 Å². The fourth-order valence-corrected chi connectivity index (χ4v) is 1.81. The van der Waals surface area contributed by atoms with Gasteiger partial charge in [-0.05, 0) is 18.1 Å². The minimum absolute atomic E-state index is 0.0347. The second-order valence-corrected chi connectivity index (χ2v) is 3.91. The van der Waals surface area contributed by atoms with Crippen molar-refractivity contribution >= 4 is 11.6 Å². The van der Waals surface area contributed by atoms with Crippen molar-refractivity contribution < 1.29 is 18.0 Å². The summed E-state index contributed by atoms with van der Waals surface area (Å²) in [5, 5.41) is 4.93. The van der Waals surface area contributed by atoms with Crippen LogP contribution < -0.4 is 10.6 Å². The average molecular weight is 244 g/mol. The van der Waals surface area contributed by atoms with E-state index in [4.69, 9.17) is 0 Å². The van der Waals surface area contributed by atoms with E-state index in [0.29, 0.717) is 6.42 Å². The van der Waals surface area contributed by atoms with Crippen molar-refractivity contribution in [2.75, 3.05) is 11.9 Å². The molecule has 1 aliphatic rings. The molecule has 0 saturated carbocycles. The zero-order chi connectivity index (χ0) is 12.5. The number of hydrogen-bond donors (Lipinski definition) is 2. The molecule has 3 nitrogen and oxygen atoms in total. The Morgan fingerprint density at radius 2 is 2.12 bits per heavy atom. The summed E-state index contributed by atoms with van der Waals surface area (Å²) in [6, 6.07) is 7.31. The van der Waals surface area contributed by atoms with Crippen molar-refractivity contribution in [2.24, 2.45) is 0 Å². The molecule has 0 spiro atoms. The number of hydrogen-bond acceptors (Lipinski definition) is 2. The second-order valence-electron chi connectivity index (χ2n) is 3.91. The monoisotopic (exact) mass is 244 g/mol. The van der Waals surface area contributed by atoms with Gasteiger partial charge in [0.25, 0.3) is 0 Å². The van der Waals surface area contributed by atoms with Crippen molar-refractivity contribution in [3.63, 3.8) is 0 Å². The molecule has 6 heteroatoms. The first kappa shape index (κ1) is 11.8. The number of alkyl halides is 3. The summed E-state index contributed by atoms with van der Waals surface area (Å²) >= 11 is 0. The van der Waals surface area contributed by atoms with Gasteiger partial charge in [-0.2, -0.15) is 13.2 Å². The highest BCUT2D eigenvalue weighted by atomic mass is 19.4. The molecule has 2 N–H and O–H groups in total. The highest BCUT2D eigenvalue weighted by Crippen LogP contribution is 2.24. The first-order valence-corrected chi connectivity index (χ1v) is 5.16. The normalized spacial score (nSPS) is 18.4. The van der Waals surface area contributed by atoms with Crippen molar-refractivity contribution in [1.82, 2.24) is 5.32 Å². The molecule has 0 unspecified atom stereocenters. The van der Waals surface area contributed by atoms with E-state index in [-0.39, 0.29) is 12.6 Å². The van der Waals surface area contributed by atoms with Crippen LogP contribution in [0.2, 0.25) is 0 Å². The molecule has 1 atom stereocenters. The van der Waals surface area contributed by atoms with E-state index >= 15 is 0 Å². The van der Waals surface area contributed by atoms with Crippen LogP contribution in [0.4, 0.5) is 18.9 Å². The summed E-state index contributed by atoms with van der Waals surface area (Å²) in [6.07, 6.45) is -4.19. The number of benzene rings is 1. The predicted molar refractivity (Wildman–Crippen MR) is 56.6 cm³/mol. The summed E-state index contributed by atoms with van der Waals surface area (Å²) in [5.74, 6) is -1.89. The second kappa shape index (κ2) is 4.27. The lowest BCUT2D eigenvalue weighted by Gasteiger charge is -2.13. The standard InChI is InChI=1S/C11H11F3N2O/c12-11(13,14)10(17)15-6-8-5-7-3-1-2-4-9(7)16-8/h1-4,8,16H,5-6H2,(H,15,17)/t8-/m1/s1. The Labute approximate surface area is 96.0 Å². The maximum Gasteiger partial charge on any atom is 0.471 e. The topological polar surface area (TPSA) is 41.1 Å². The summed E-state index contributed by atoms with van der Waals surface area (Å²) in [4.78, 5) is 10.6. The van der Waals surface area contributed by atoms with Crippen LogP contribution >= 0.6 is 0 Å². The number of para-hydroxylation sites is 1. The zero-order valence-corrected chi connectivity index (χ0v) is 8.84. The van der Waals surface area contributed by atoms with Gasteiger partial charge in [-0.25, -0.2) is 0 Å². The minimum atomic E-state index is -4.81. The lowest BCUT2D eigenvalue weighted by Crippen LogP contribution is -2.42. The highest BCUT2D eigenvalue weighted by molar-refractivity contribution is 5.81. The third-order valence-corrected chi connectivity index (χ3v) is 2.61. The maximum absolute atomic E-state index is 12.0. The lowest BCUT2D eigenvalue weighted by molar-refractivity contribution is -0.173. The first-order chi connectivity index (χ1) is 7.97. The van der Waals surface area contributed by atoms with Crippen LogP contribution in [-0.2, 0) is 11.2 Å². The first-order valence-electron chi connectivity index (χ1n) is 5.16. The summed E-state index contributed by atoms with van der Waals surface area (Å²) in [5.41, 5.74) is 1.97. The van der Waals surface area contributed by atoms with Gasteiger partial charge in [0.1, 0.15) is 0 Å². The quantitative estimate of drug-likeness (QED) is 0.831. The smallest absolute Gasteiger partial charge is 0.380 e. The molecule has 92 valence electrons. The molecule has 0 bridgehead atoms. The highest BCUT2D eigenvalue weighted by Gasteiger charge is 2.38. The molecule has 0 aliphatic carbocycles. The van der Waals surface area contributed by atoms with Crippen LogP contribution in [0, 0.1) is 0 Å². The van der Waals surface area contributed by atoms with Gasteiger partial charge >= 0.3 is 12.1 Å². The number of amides is 1. The predicted octanol–water partition coefficient (Wildman–Crippen LogP) is 1.70. The Kier molecular flexibility index (Phi) is 2.95. The van der Waals surface area contributed by atoms with E-state index in [9.17, 15) is 18.0 Å². The van der Waals surface area contributed by atoms with Crippen molar-refractivity contribution in [3.8, 4) is 0 Å². The molecule has 0 radical (unpaired) electrons. The van der Waals surface area contributed by atoms with E-state index < -0.39 is 12.1 Å². The number of fused-ring (bicyclic) bond motifs is 1. The molecule has 1 aromatic carbocycles. The molecule has 0 aromatic heterocycles. The molecule has 17 heavy (non-hydrogen) atoms. The van der Waals surface area contributed by atoms with Gasteiger partial charge in [0.2, 0.25) is 0 Å². The molecule has 1 heterocycles. The molecule has 1 amide bonds. The number of halogens is 3. The largest absolute Gasteiger partial charge is 0.471 e. The number of nitrogens with one attached hydrogen (secondary N) is 2. The van der Waals surface area contributed by atoms with E-state index in [2.05, 4.69) is 5.32 Å². The third-order valence-electron chi connectivity index (χ3n) is 2.61. The van der Waals surface area contributed by atoms with Gasteiger partial charge in [-0.1, -0.05) is 18.2 Å². The van der Waals surface area contributed by atoms with Crippen molar-refractivity contribution in [2.45, 2.75) is 18.6 Å². The van der Waals surface area contributed by atoms with Crippen LogP contribution in [0.15, 0.2) is 24.3 Å². The van der Waals surface area contributed by atoms with Gasteiger partial charge in [0, 0.05) is 18.3 Å². The van der Waals surface area contributed by atoms with E-state index in [1.807, 2.05) is 29.6 Å². The van der Waals surface area contributed by atoms with Crippen molar-refractivity contribution in [3.05, 3.63) is 29.8 Å². The number of anilines is 1. The fourth-order valence-electron chi connectivity index (χ4n) is 1.81. The maximum atomic E-state index is 12.0. The van der Waals surface area contributed by atoms with Crippen LogP contribution in [-0.4, -0.2) is 24.7 Å². The Bertz CT molecular complexity index is 406. The Balaban J connectivity index is 1.87. The molecular formula is C11H11F3N2O. The third kappa shape index (κ3) is 2.69. The Morgan fingerprint density at radius 3 is 2.76 bits per heavy atom. The molecule has 1 aliphatic heterocycles. The summed E-state index contributed by atoms with van der Waals surface area (Å²) in [6.45, 7) is -0.0347. The fraction of sp³-hybridized carbons (Fsp3) is 0.364. The lowest BCUT2D eigenvalue weighted by atomic mass is 10.1. The van der Waals surface area contributed by atoms with Gasteiger partial charge in [-0.3, -0.25) is 4.79 Å². The van der Waals surface area contributed by atoms with Crippen LogP contribution in [0.25, 0.3) is 0 Å². The van der Waals surface area contributed by atoms with E-state index in [1.165, 1.54) is 0 Å². The van der Waals surface area contributed by atoms with Gasteiger partial charge in [0.05, 0.1) is 0 Å². The SMILES string of the molecule is O=C(NC[C@H]1Cc2ccccc2N1)C(F)(F)F. The Hall–Kier alpha value is -1.72. The number of carbonyl (C=O) groups excluding carboxylic acids is 1. The number of carbonyl (C=O) groups is 1. The van der Waals surface area contributed by atoms with Gasteiger partial charge in [0.15, 0.2) is 0 Å². The van der Waals surface area contributed by atoms with Crippen molar-refractivity contribution in [1.29, 1.82) is 0 Å². The summed E-state index contributed by atoms with van der Waals surface area (Å²) in [7, 11) is 0. The molecular weight excluding hydrogens is 233 g/mol. The average Bonchev–Trinajstić information content (AvgIpc) is 2.66. The minimum Gasteiger partial charge on any atom is -0.380 e.